The third kappa shape index (κ3) is 7.14. The molecule has 9 heteroatoms. The number of rotatable bonds is 8. The van der Waals surface area contributed by atoms with Crippen LogP contribution in [0, 0.1) is 0 Å². The van der Waals surface area contributed by atoms with E-state index >= 15 is 0 Å². The van der Waals surface area contributed by atoms with E-state index in [2.05, 4.69) is 5.32 Å². The predicted octanol–water partition coefficient (Wildman–Crippen LogP) is 2.66. The first-order valence-corrected chi connectivity index (χ1v) is 11.7. The van der Waals surface area contributed by atoms with Crippen molar-refractivity contribution in [3.05, 3.63) is 35.9 Å². The summed E-state index contributed by atoms with van der Waals surface area (Å²) in [5.74, 6) is -1.26. The van der Waals surface area contributed by atoms with Crippen LogP contribution >= 0.6 is 0 Å². The Morgan fingerprint density at radius 3 is 2.27 bits per heavy atom. The van der Waals surface area contributed by atoms with Crippen LogP contribution in [0.3, 0.4) is 0 Å². The van der Waals surface area contributed by atoms with Crippen molar-refractivity contribution in [1.82, 2.24) is 9.88 Å². The summed E-state index contributed by atoms with van der Waals surface area (Å²) in [5, 5.41) is 11.7. The van der Waals surface area contributed by atoms with Gasteiger partial charge >= 0.3 is 18.2 Å². The molecule has 0 saturated heterocycles. The van der Waals surface area contributed by atoms with Gasteiger partial charge in [0.1, 0.15) is 12.6 Å². The standard InChI is InChI=1S/C17H26N2O6Si/c1-5-24-17(23)19(26(2,3)4)11-14(15(20)21)18-16(22)25-12-13-9-7-6-8-10-13/h6-10,14H,5,11-12H2,1-4H3,(H,18,22)(H,20,21)/t14-/m0/s1. The molecule has 0 bridgehead atoms. The summed E-state index contributed by atoms with van der Waals surface area (Å²) in [5.41, 5.74) is 0.782. The van der Waals surface area contributed by atoms with Crippen molar-refractivity contribution in [1.29, 1.82) is 0 Å². The highest BCUT2D eigenvalue weighted by atomic mass is 28.3. The maximum atomic E-state index is 12.1. The minimum Gasteiger partial charge on any atom is -0.480 e. The molecule has 0 aliphatic heterocycles. The van der Waals surface area contributed by atoms with E-state index in [1.54, 1.807) is 19.1 Å². The molecular formula is C17H26N2O6Si. The fourth-order valence-electron chi connectivity index (χ4n) is 2.10. The second kappa shape index (κ2) is 9.81. The highest BCUT2D eigenvalue weighted by molar-refractivity contribution is 6.75. The number of hydrogen-bond acceptors (Lipinski definition) is 5. The van der Waals surface area contributed by atoms with Crippen molar-refractivity contribution < 1.29 is 29.0 Å². The van der Waals surface area contributed by atoms with Crippen LogP contribution in [0.2, 0.25) is 19.6 Å². The smallest absolute Gasteiger partial charge is 0.408 e. The third-order valence-corrected chi connectivity index (χ3v) is 5.45. The molecule has 0 heterocycles. The summed E-state index contributed by atoms with van der Waals surface area (Å²) in [7, 11) is -2.21. The van der Waals surface area contributed by atoms with Crippen molar-refractivity contribution >= 4 is 26.4 Å². The Labute approximate surface area is 154 Å². The number of aliphatic carboxylic acids is 1. The minimum absolute atomic E-state index is 0.0224. The number of benzene rings is 1. The molecule has 1 aromatic rings. The van der Waals surface area contributed by atoms with E-state index in [9.17, 15) is 19.5 Å². The Kier molecular flexibility index (Phi) is 8.11. The number of nitrogens with zero attached hydrogens (tertiary/aromatic N) is 1. The number of amides is 2. The summed E-state index contributed by atoms with van der Waals surface area (Å²) >= 11 is 0. The number of carbonyl (C=O) groups excluding carboxylic acids is 2. The van der Waals surface area contributed by atoms with Gasteiger partial charge in [0, 0.05) is 6.54 Å². The van der Waals surface area contributed by atoms with Gasteiger partial charge < -0.3 is 24.5 Å². The van der Waals surface area contributed by atoms with E-state index in [4.69, 9.17) is 9.47 Å². The van der Waals surface area contributed by atoms with Gasteiger partial charge in [-0.15, -0.1) is 0 Å². The second-order valence-electron chi connectivity index (χ2n) is 6.58. The number of carbonyl (C=O) groups is 3. The van der Waals surface area contributed by atoms with Crippen LogP contribution in [0.1, 0.15) is 12.5 Å². The fraction of sp³-hybridized carbons (Fsp3) is 0.471. The Bertz CT molecular complexity index is 617. The summed E-state index contributed by atoms with van der Waals surface area (Å²) in [4.78, 5) is 35.6. The molecule has 0 fully saturated rings. The number of ether oxygens (including phenoxy) is 2. The molecular weight excluding hydrogens is 356 g/mol. The first kappa shape index (κ1) is 21.5. The van der Waals surface area contributed by atoms with Gasteiger partial charge in [-0.2, -0.15) is 0 Å². The first-order chi connectivity index (χ1) is 12.1. The van der Waals surface area contributed by atoms with Crippen LogP contribution in [-0.4, -0.2) is 55.3 Å². The largest absolute Gasteiger partial charge is 0.480 e. The predicted molar refractivity (Wildman–Crippen MR) is 98.3 cm³/mol. The Balaban J connectivity index is 2.72. The number of alkyl carbamates (subject to hydrolysis) is 1. The number of hydrogen-bond donors (Lipinski definition) is 2. The molecule has 1 aromatic carbocycles. The molecule has 0 unspecified atom stereocenters. The first-order valence-electron chi connectivity index (χ1n) is 8.29. The highest BCUT2D eigenvalue weighted by Crippen LogP contribution is 2.12. The molecule has 1 rings (SSSR count). The number of carboxylic acid groups (broad SMARTS) is 1. The highest BCUT2D eigenvalue weighted by Gasteiger charge is 2.34. The molecule has 2 N–H and O–H groups in total. The van der Waals surface area contributed by atoms with E-state index in [1.165, 1.54) is 4.57 Å². The second-order valence-corrected chi connectivity index (χ2v) is 11.5. The molecule has 0 saturated carbocycles. The van der Waals surface area contributed by atoms with E-state index < -0.39 is 32.4 Å². The lowest BCUT2D eigenvalue weighted by Crippen LogP contribution is -2.57. The lowest BCUT2D eigenvalue weighted by molar-refractivity contribution is -0.139. The maximum absolute atomic E-state index is 12.1. The summed E-state index contributed by atoms with van der Waals surface area (Å²) < 4.78 is 11.4. The SMILES string of the molecule is CCOC(=O)N(C[C@H](NC(=O)OCc1ccccc1)C(=O)O)[Si](C)(C)C. The fourth-order valence-corrected chi connectivity index (χ4v) is 3.44. The average Bonchev–Trinajstić information content (AvgIpc) is 2.56. The van der Waals surface area contributed by atoms with Gasteiger partial charge in [0.05, 0.1) is 6.61 Å². The van der Waals surface area contributed by atoms with Crippen LogP contribution in [-0.2, 0) is 20.9 Å². The average molecular weight is 382 g/mol. The zero-order valence-corrected chi connectivity index (χ0v) is 16.5. The van der Waals surface area contributed by atoms with Crippen molar-refractivity contribution in [3.8, 4) is 0 Å². The van der Waals surface area contributed by atoms with E-state index in [-0.39, 0.29) is 19.8 Å². The Morgan fingerprint density at radius 1 is 1.15 bits per heavy atom. The van der Waals surface area contributed by atoms with Gasteiger partial charge in [-0.1, -0.05) is 50.0 Å². The molecule has 8 nitrogen and oxygen atoms in total. The van der Waals surface area contributed by atoms with Crippen molar-refractivity contribution in [2.24, 2.45) is 0 Å². The topological polar surface area (TPSA) is 105 Å². The van der Waals surface area contributed by atoms with Crippen molar-refractivity contribution in [3.63, 3.8) is 0 Å². The van der Waals surface area contributed by atoms with Crippen molar-refractivity contribution in [2.75, 3.05) is 13.2 Å². The van der Waals surface area contributed by atoms with E-state index in [0.29, 0.717) is 0 Å². The van der Waals surface area contributed by atoms with Gasteiger partial charge in [-0.25, -0.2) is 14.4 Å². The zero-order chi connectivity index (χ0) is 19.7. The van der Waals surface area contributed by atoms with Crippen LogP contribution in [0.5, 0.6) is 0 Å². The van der Waals surface area contributed by atoms with Crippen LogP contribution in [0.15, 0.2) is 30.3 Å². The lowest BCUT2D eigenvalue weighted by atomic mass is 10.2. The quantitative estimate of drug-likeness (QED) is 0.670. The molecule has 0 spiro atoms. The van der Waals surface area contributed by atoms with Gasteiger partial charge in [0.25, 0.3) is 0 Å². The molecule has 0 aliphatic carbocycles. The van der Waals surface area contributed by atoms with E-state index in [0.717, 1.165) is 5.56 Å². The van der Waals surface area contributed by atoms with Crippen molar-refractivity contribution in [2.45, 2.75) is 39.2 Å². The molecule has 1 atom stereocenters. The Morgan fingerprint density at radius 2 is 1.77 bits per heavy atom. The van der Waals surface area contributed by atoms with Crippen LogP contribution < -0.4 is 5.32 Å². The summed E-state index contributed by atoms with van der Waals surface area (Å²) in [6.07, 6.45) is -1.45. The minimum atomic E-state index is -2.21. The normalized spacial score (nSPS) is 12.0. The van der Waals surface area contributed by atoms with Crippen LogP contribution in [0.25, 0.3) is 0 Å². The monoisotopic (exact) mass is 382 g/mol. The summed E-state index contributed by atoms with van der Waals surface area (Å²) in [6, 6.07) is 7.73. The molecule has 2 amide bonds. The molecule has 0 aliphatic rings. The van der Waals surface area contributed by atoms with E-state index in [1.807, 2.05) is 37.8 Å². The molecule has 0 aromatic heterocycles. The van der Waals surface area contributed by atoms with Gasteiger partial charge in [0.15, 0.2) is 8.24 Å². The molecule has 26 heavy (non-hydrogen) atoms. The lowest BCUT2D eigenvalue weighted by Gasteiger charge is -2.34. The molecule has 0 radical (unpaired) electrons. The van der Waals surface area contributed by atoms with Crippen LogP contribution in [0.4, 0.5) is 9.59 Å². The number of nitrogens with one attached hydrogen (secondary N) is 1. The maximum Gasteiger partial charge on any atom is 0.408 e. The van der Waals surface area contributed by atoms with Gasteiger partial charge in [-0.05, 0) is 12.5 Å². The molecule has 144 valence electrons. The Hall–Kier alpha value is -2.55. The van der Waals surface area contributed by atoms with Gasteiger partial charge in [-0.3, -0.25) is 0 Å². The third-order valence-electron chi connectivity index (χ3n) is 3.47. The van der Waals surface area contributed by atoms with Gasteiger partial charge in [0.2, 0.25) is 0 Å². The summed E-state index contributed by atoms with van der Waals surface area (Å²) in [6.45, 7) is 7.35. The number of carboxylic acids is 1. The zero-order valence-electron chi connectivity index (χ0n) is 15.5.